The summed E-state index contributed by atoms with van der Waals surface area (Å²) in [5.41, 5.74) is 0.317. The number of carbonyl (C=O) groups excluding carboxylic acids is 2. The van der Waals surface area contributed by atoms with Crippen molar-refractivity contribution < 1.29 is 33.6 Å². The summed E-state index contributed by atoms with van der Waals surface area (Å²) in [7, 11) is 4.41. The molecule has 0 unspecified atom stereocenters. The maximum absolute atomic E-state index is 12.5. The van der Waals surface area contributed by atoms with Gasteiger partial charge in [0.25, 0.3) is 0 Å². The van der Waals surface area contributed by atoms with Crippen molar-refractivity contribution in [1.29, 1.82) is 0 Å². The minimum absolute atomic E-state index is 0.000444. The summed E-state index contributed by atoms with van der Waals surface area (Å²) in [6, 6.07) is 2.67. The van der Waals surface area contributed by atoms with Gasteiger partial charge in [0, 0.05) is 18.9 Å². The smallest absolute Gasteiger partial charge is 0.220 e. The highest BCUT2D eigenvalue weighted by atomic mass is 16.5. The van der Waals surface area contributed by atoms with E-state index in [1.165, 1.54) is 27.4 Å². The number of carbonyl (C=O) groups is 2. The SMILES string of the molecule is COc1cc(OC)c(C(=O)CCC(=O)N[C@@H]2COC[C@H]2O)cc1OC. The number of ether oxygens (including phenoxy) is 4. The lowest BCUT2D eigenvalue weighted by atomic mass is 10.0. The first-order valence-electron chi connectivity index (χ1n) is 7.88. The van der Waals surface area contributed by atoms with Crippen LogP contribution in [0, 0.1) is 0 Å². The number of hydrogen-bond donors (Lipinski definition) is 2. The first kappa shape index (κ1) is 19.0. The molecule has 8 heteroatoms. The van der Waals surface area contributed by atoms with E-state index in [1.807, 2.05) is 0 Å². The summed E-state index contributed by atoms with van der Waals surface area (Å²) in [6.07, 6.45) is -0.716. The van der Waals surface area contributed by atoms with Gasteiger partial charge in [0.2, 0.25) is 5.91 Å². The maximum atomic E-state index is 12.5. The molecule has 0 saturated carbocycles. The predicted octanol–water partition coefficient (Wildman–Crippen LogP) is 0.551. The topological polar surface area (TPSA) is 103 Å². The minimum atomic E-state index is -0.717. The van der Waals surface area contributed by atoms with Gasteiger partial charge in [0.15, 0.2) is 17.3 Å². The molecule has 25 heavy (non-hydrogen) atoms. The Kier molecular flexibility index (Phi) is 6.60. The Balaban J connectivity index is 2.01. The van der Waals surface area contributed by atoms with Gasteiger partial charge in [-0.2, -0.15) is 0 Å². The number of nitrogens with one attached hydrogen (secondary N) is 1. The van der Waals surface area contributed by atoms with Crippen LogP contribution in [-0.2, 0) is 9.53 Å². The van der Waals surface area contributed by atoms with Crippen LogP contribution in [0.4, 0.5) is 0 Å². The molecule has 1 saturated heterocycles. The molecule has 1 aromatic rings. The first-order valence-corrected chi connectivity index (χ1v) is 7.88. The second-order valence-electron chi connectivity index (χ2n) is 5.61. The average molecular weight is 353 g/mol. The lowest BCUT2D eigenvalue weighted by Crippen LogP contribution is -2.42. The molecule has 1 aromatic carbocycles. The Labute approximate surface area is 146 Å². The Morgan fingerprint density at radius 3 is 2.28 bits per heavy atom. The molecule has 8 nitrogen and oxygen atoms in total. The van der Waals surface area contributed by atoms with Crippen molar-refractivity contribution in [3.05, 3.63) is 17.7 Å². The molecule has 2 rings (SSSR count). The van der Waals surface area contributed by atoms with Crippen LogP contribution in [0.5, 0.6) is 17.2 Å². The van der Waals surface area contributed by atoms with E-state index in [4.69, 9.17) is 18.9 Å². The zero-order chi connectivity index (χ0) is 18.4. The maximum Gasteiger partial charge on any atom is 0.220 e. The first-order chi connectivity index (χ1) is 12.0. The quantitative estimate of drug-likeness (QED) is 0.658. The van der Waals surface area contributed by atoms with Crippen LogP contribution >= 0.6 is 0 Å². The summed E-state index contributed by atoms with van der Waals surface area (Å²) >= 11 is 0. The molecule has 1 heterocycles. The second-order valence-corrected chi connectivity index (χ2v) is 5.61. The molecule has 2 atom stereocenters. The van der Waals surface area contributed by atoms with E-state index in [9.17, 15) is 14.7 Å². The number of hydrogen-bond acceptors (Lipinski definition) is 7. The molecule has 1 fully saturated rings. The lowest BCUT2D eigenvalue weighted by molar-refractivity contribution is -0.122. The zero-order valence-corrected chi connectivity index (χ0v) is 14.5. The van der Waals surface area contributed by atoms with Crippen molar-refractivity contribution in [1.82, 2.24) is 5.32 Å². The monoisotopic (exact) mass is 353 g/mol. The Morgan fingerprint density at radius 1 is 1.08 bits per heavy atom. The molecule has 1 amide bonds. The third-order valence-electron chi connectivity index (χ3n) is 3.98. The van der Waals surface area contributed by atoms with Crippen LogP contribution in [0.2, 0.25) is 0 Å². The Bertz CT molecular complexity index is 632. The predicted molar refractivity (Wildman–Crippen MR) is 88.4 cm³/mol. The lowest BCUT2D eigenvalue weighted by Gasteiger charge is -2.15. The van der Waals surface area contributed by atoms with Crippen LogP contribution in [0.15, 0.2) is 12.1 Å². The molecule has 1 aliphatic heterocycles. The Morgan fingerprint density at radius 2 is 1.72 bits per heavy atom. The van der Waals surface area contributed by atoms with E-state index in [0.29, 0.717) is 22.8 Å². The number of methoxy groups -OCH3 is 3. The number of aliphatic hydroxyl groups is 1. The van der Waals surface area contributed by atoms with Crippen LogP contribution in [0.1, 0.15) is 23.2 Å². The number of Topliss-reactive ketones (excluding diaryl/α,β-unsaturated/α-hetero) is 1. The fourth-order valence-electron chi connectivity index (χ4n) is 2.57. The summed E-state index contributed by atoms with van der Waals surface area (Å²) in [6.45, 7) is 0.469. The van der Waals surface area contributed by atoms with E-state index in [-0.39, 0.29) is 37.7 Å². The fraction of sp³-hybridized carbons (Fsp3) is 0.529. The highest BCUT2D eigenvalue weighted by molar-refractivity contribution is 6.01. The molecule has 0 bridgehead atoms. The summed E-state index contributed by atoms with van der Waals surface area (Å²) in [4.78, 5) is 24.4. The number of ketones is 1. The second kappa shape index (κ2) is 8.68. The number of benzene rings is 1. The van der Waals surface area contributed by atoms with Crippen molar-refractivity contribution in [3.63, 3.8) is 0 Å². The standard InChI is InChI=1S/C17H23NO7/c1-22-14-7-16(24-3)15(23-2)6-10(14)12(19)4-5-17(21)18-11-8-25-9-13(11)20/h6-7,11,13,20H,4-5,8-9H2,1-3H3,(H,18,21)/t11-,13-/m1/s1. The highest BCUT2D eigenvalue weighted by Crippen LogP contribution is 2.35. The van der Waals surface area contributed by atoms with Gasteiger partial charge < -0.3 is 29.4 Å². The molecule has 1 aliphatic rings. The number of rotatable bonds is 8. The van der Waals surface area contributed by atoms with Crippen molar-refractivity contribution in [2.75, 3.05) is 34.5 Å². The molecule has 2 N–H and O–H groups in total. The van der Waals surface area contributed by atoms with Gasteiger partial charge in [-0.1, -0.05) is 0 Å². The van der Waals surface area contributed by atoms with Gasteiger partial charge in [-0.05, 0) is 6.07 Å². The van der Waals surface area contributed by atoms with Crippen LogP contribution < -0.4 is 19.5 Å². The van der Waals surface area contributed by atoms with Gasteiger partial charge in [-0.3, -0.25) is 9.59 Å². The van der Waals surface area contributed by atoms with Gasteiger partial charge in [0.1, 0.15) is 5.75 Å². The van der Waals surface area contributed by atoms with E-state index in [2.05, 4.69) is 5.32 Å². The minimum Gasteiger partial charge on any atom is -0.496 e. The summed E-state index contributed by atoms with van der Waals surface area (Å²) in [5, 5.41) is 12.3. The normalized spacial score (nSPS) is 19.4. The average Bonchev–Trinajstić information content (AvgIpc) is 3.02. The Hall–Kier alpha value is -2.32. The van der Waals surface area contributed by atoms with Gasteiger partial charge >= 0.3 is 0 Å². The van der Waals surface area contributed by atoms with Crippen molar-refractivity contribution in [2.24, 2.45) is 0 Å². The molecular formula is C17H23NO7. The van der Waals surface area contributed by atoms with Crippen molar-refractivity contribution in [3.8, 4) is 17.2 Å². The molecule has 0 spiro atoms. The van der Waals surface area contributed by atoms with E-state index in [1.54, 1.807) is 6.07 Å². The van der Waals surface area contributed by atoms with Gasteiger partial charge in [0.05, 0.1) is 52.3 Å². The number of amides is 1. The van der Waals surface area contributed by atoms with Crippen LogP contribution in [0.25, 0.3) is 0 Å². The fourth-order valence-corrected chi connectivity index (χ4v) is 2.57. The summed E-state index contributed by atoms with van der Waals surface area (Å²) < 4.78 is 20.7. The van der Waals surface area contributed by atoms with E-state index in [0.717, 1.165) is 0 Å². The third kappa shape index (κ3) is 4.61. The van der Waals surface area contributed by atoms with Crippen molar-refractivity contribution in [2.45, 2.75) is 25.0 Å². The van der Waals surface area contributed by atoms with Crippen molar-refractivity contribution >= 4 is 11.7 Å². The largest absolute Gasteiger partial charge is 0.496 e. The molecular weight excluding hydrogens is 330 g/mol. The molecule has 0 aliphatic carbocycles. The molecule has 138 valence electrons. The van der Waals surface area contributed by atoms with Crippen LogP contribution in [0.3, 0.4) is 0 Å². The van der Waals surface area contributed by atoms with E-state index < -0.39 is 12.1 Å². The highest BCUT2D eigenvalue weighted by Gasteiger charge is 2.27. The molecule has 0 aromatic heterocycles. The van der Waals surface area contributed by atoms with Crippen LogP contribution in [-0.4, -0.2) is 63.5 Å². The number of aliphatic hydroxyl groups excluding tert-OH is 1. The van der Waals surface area contributed by atoms with Gasteiger partial charge in [-0.15, -0.1) is 0 Å². The molecule has 0 radical (unpaired) electrons. The van der Waals surface area contributed by atoms with E-state index >= 15 is 0 Å². The summed E-state index contributed by atoms with van der Waals surface area (Å²) in [5.74, 6) is 0.632. The van der Waals surface area contributed by atoms with Gasteiger partial charge in [-0.25, -0.2) is 0 Å². The zero-order valence-electron chi connectivity index (χ0n) is 14.5. The third-order valence-corrected chi connectivity index (χ3v) is 3.98.